The summed E-state index contributed by atoms with van der Waals surface area (Å²) in [6.45, 7) is 3.26. The quantitative estimate of drug-likeness (QED) is 0.628. The van der Waals surface area contributed by atoms with Gasteiger partial charge in [0.2, 0.25) is 0 Å². The Morgan fingerprint density at radius 3 is 2.72 bits per heavy atom. The molecule has 1 amide bonds. The number of aromatic nitrogens is 3. The van der Waals surface area contributed by atoms with Crippen molar-refractivity contribution < 1.29 is 13.9 Å². The maximum Gasteiger partial charge on any atom is 0.415 e. The van der Waals surface area contributed by atoms with Gasteiger partial charge in [0.15, 0.2) is 0 Å². The van der Waals surface area contributed by atoms with Crippen LogP contribution in [0.25, 0.3) is 5.69 Å². The first kappa shape index (κ1) is 20.5. The minimum Gasteiger partial charge on any atom is -0.441 e. The highest BCUT2D eigenvalue weighted by Crippen LogP contribution is 2.41. The van der Waals surface area contributed by atoms with Gasteiger partial charge >= 0.3 is 6.09 Å². The standard InChI is InChI=1S/C24H26FN5O2/c1-17-20(7-4-13-26-17)29-16-24(32-23(29)31)11-8-18(9-12-24)15-27-22-10-14-30(28-22)21-6-3-2-5-19(21)25/h2-7,10,13-14,18H,8-9,11-12,15-16H2,1H3,(H,27,28). The van der Waals surface area contributed by atoms with E-state index in [1.165, 1.54) is 6.07 Å². The molecule has 0 bridgehead atoms. The minimum absolute atomic E-state index is 0.281. The number of pyridine rings is 1. The van der Waals surface area contributed by atoms with Gasteiger partial charge in [-0.05, 0) is 62.8 Å². The average molecular weight is 436 g/mol. The number of nitrogens with zero attached hydrogens (tertiary/aromatic N) is 4. The topological polar surface area (TPSA) is 72.3 Å². The Labute approximate surface area is 186 Å². The predicted molar refractivity (Wildman–Crippen MR) is 120 cm³/mol. The van der Waals surface area contributed by atoms with Crippen LogP contribution in [0.5, 0.6) is 0 Å². The summed E-state index contributed by atoms with van der Waals surface area (Å²) < 4.78 is 21.4. The molecule has 2 aliphatic rings. The number of para-hydroxylation sites is 1. The highest BCUT2D eigenvalue weighted by molar-refractivity contribution is 5.90. The molecule has 1 spiro atoms. The van der Waals surface area contributed by atoms with E-state index < -0.39 is 5.60 Å². The smallest absolute Gasteiger partial charge is 0.415 e. The second kappa shape index (κ2) is 8.26. The van der Waals surface area contributed by atoms with Crippen LogP contribution in [0.3, 0.4) is 0 Å². The van der Waals surface area contributed by atoms with E-state index >= 15 is 0 Å². The summed E-state index contributed by atoms with van der Waals surface area (Å²) >= 11 is 0. The highest BCUT2D eigenvalue weighted by Gasteiger charge is 2.47. The molecule has 1 aliphatic carbocycles. The van der Waals surface area contributed by atoms with E-state index in [1.54, 1.807) is 40.2 Å². The Morgan fingerprint density at radius 1 is 1.16 bits per heavy atom. The Hall–Kier alpha value is -3.42. The molecule has 1 N–H and O–H groups in total. The largest absolute Gasteiger partial charge is 0.441 e. The fraction of sp³-hybridized carbons (Fsp3) is 0.375. The third-order valence-corrected chi connectivity index (χ3v) is 6.52. The third kappa shape index (κ3) is 3.92. The molecule has 5 rings (SSSR count). The van der Waals surface area contributed by atoms with Gasteiger partial charge in [0.05, 0.1) is 17.9 Å². The minimum atomic E-state index is -0.414. The summed E-state index contributed by atoms with van der Waals surface area (Å²) in [5, 5.41) is 7.82. The second-order valence-electron chi connectivity index (χ2n) is 8.67. The molecule has 32 heavy (non-hydrogen) atoms. The average Bonchev–Trinajstić information content (AvgIpc) is 3.39. The number of aryl methyl sites for hydroxylation is 1. The molecule has 3 aromatic rings. The summed E-state index contributed by atoms with van der Waals surface area (Å²) in [5.41, 5.74) is 1.66. The van der Waals surface area contributed by atoms with Crippen molar-refractivity contribution in [1.29, 1.82) is 0 Å². The fourth-order valence-corrected chi connectivity index (χ4v) is 4.68. The lowest BCUT2D eigenvalue weighted by molar-refractivity contribution is 0.0148. The molecule has 3 heterocycles. The van der Waals surface area contributed by atoms with Gasteiger partial charge in [-0.2, -0.15) is 5.10 Å². The van der Waals surface area contributed by atoms with E-state index in [-0.39, 0.29) is 11.9 Å². The van der Waals surface area contributed by atoms with Crippen LogP contribution >= 0.6 is 0 Å². The number of halogens is 1. The summed E-state index contributed by atoms with van der Waals surface area (Å²) in [6, 6.07) is 12.2. The van der Waals surface area contributed by atoms with Crippen molar-refractivity contribution in [2.45, 2.75) is 38.2 Å². The van der Waals surface area contributed by atoms with Crippen LogP contribution in [0.2, 0.25) is 0 Å². The lowest BCUT2D eigenvalue weighted by atomic mass is 9.78. The van der Waals surface area contributed by atoms with Crippen LogP contribution in [-0.4, -0.2) is 39.5 Å². The predicted octanol–water partition coefficient (Wildman–Crippen LogP) is 4.71. The maximum absolute atomic E-state index is 14.0. The molecular formula is C24H26FN5O2. The summed E-state index contributed by atoms with van der Waals surface area (Å²) in [7, 11) is 0. The third-order valence-electron chi connectivity index (χ3n) is 6.52. The number of rotatable bonds is 5. The Balaban J connectivity index is 1.16. The van der Waals surface area contributed by atoms with Crippen molar-refractivity contribution in [1.82, 2.24) is 14.8 Å². The van der Waals surface area contributed by atoms with E-state index in [9.17, 15) is 9.18 Å². The molecule has 1 saturated carbocycles. The molecule has 1 aromatic carbocycles. The number of benzene rings is 1. The van der Waals surface area contributed by atoms with Crippen molar-refractivity contribution in [3.63, 3.8) is 0 Å². The fourth-order valence-electron chi connectivity index (χ4n) is 4.68. The zero-order valence-corrected chi connectivity index (χ0v) is 18.0. The number of carbonyl (C=O) groups excluding carboxylic acids is 1. The van der Waals surface area contributed by atoms with Crippen LogP contribution in [0.15, 0.2) is 54.9 Å². The number of amides is 1. The summed E-state index contributed by atoms with van der Waals surface area (Å²) in [6.07, 6.45) is 6.81. The van der Waals surface area contributed by atoms with E-state index in [0.29, 0.717) is 18.2 Å². The first-order chi connectivity index (χ1) is 15.5. The summed E-state index contributed by atoms with van der Waals surface area (Å²) in [4.78, 5) is 18.6. The molecule has 0 radical (unpaired) electrons. The first-order valence-electron chi connectivity index (χ1n) is 11.0. The van der Waals surface area contributed by atoms with Gasteiger partial charge in [0, 0.05) is 25.0 Å². The van der Waals surface area contributed by atoms with Gasteiger partial charge in [0.25, 0.3) is 0 Å². The number of hydrogen-bond donors (Lipinski definition) is 1. The molecule has 1 saturated heterocycles. The Kier molecular flexibility index (Phi) is 5.28. The molecule has 1 aliphatic heterocycles. The van der Waals surface area contributed by atoms with Crippen molar-refractivity contribution in [2.24, 2.45) is 5.92 Å². The lowest BCUT2D eigenvalue weighted by Crippen LogP contribution is -2.39. The van der Waals surface area contributed by atoms with Gasteiger partial charge in [-0.25, -0.2) is 13.9 Å². The van der Waals surface area contributed by atoms with Crippen LogP contribution in [0, 0.1) is 18.7 Å². The Bertz CT molecular complexity index is 1120. The lowest BCUT2D eigenvalue weighted by Gasteiger charge is -2.35. The van der Waals surface area contributed by atoms with E-state index in [4.69, 9.17) is 4.74 Å². The van der Waals surface area contributed by atoms with Gasteiger partial charge in [-0.3, -0.25) is 9.88 Å². The van der Waals surface area contributed by atoms with Crippen molar-refractivity contribution in [3.05, 3.63) is 66.4 Å². The monoisotopic (exact) mass is 435 g/mol. The zero-order valence-electron chi connectivity index (χ0n) is 18.0. The number of hydrogen-bond acceptors (Lipinski definition) is 5. The Morgan fingerprint density at radius 2 is 1.94 bits per heavy atom. The zero-order chi connectivity index (χ0) is 22.1. The molecule has 0 unspecified atom stereocenters. The summed E-state index contributed by atoms with van der Waals surface area (Å²) in [5.74, 6) is 0.882. The van der Waals surface area contributed by atoms with Crippen LogP contribution in [0.1, 0.15) is 31.4 Å². The normalized spacial score (nSPS) is 22.9. The van der Waals surface area contributed by atoms with E-state index in [1.807, 2.05) is 25.1 Å². The second-order valence-corrected chi connectivity index (χ2v) is 8.67. The highest BCUT2D eigenvalue weighted by atomic mass is 19.1. The SMILES string of the molecule is Cc1ncccc1N1CC2(CCC(CNc3ccn(-c4ccccc4F)n3)CC2)OC1=O. The maximum atomic E-state index is 14.0. The van der Waals surface area contributed by atoms with Crippen LogP contribution in [0.4, 0.5) is 20.7 Å². The number of carbonyl (C=O) groups is 1. The number of ether oxygens (including phenoxy) is 1. The van der Waals surface area contributed by atoms with Crippen molar-refractivity contribution in [2.75, 3.05) is 23.3 Å². The molecule has 7 nitrogen and oxygen atoms in total. The molecule has 0 atom stereocenters. The molecule has 8 heteroatoms. The molecular weight excluding hydrogens is 409 g/mol. The van der Waals surface area contributed by atoms with E-state index in [0.717, 1.165) is 49.4 Å². The number of nitrogens with one attached hydrogen (secondary N) is 1. The molecule has 166 valence electrons. The van der Waals surface area contributed by atoms with Crippen LogP contribution < -0.4 is 10.2 Å². The van der Waals surface area contributed by atoms with Crippen LogP contribution in [-0.2, 0) is 4.74 Å². The molecule has 2 fully saturated rings. The van der Waals surface area contributed by atoms with Gasteiger partial charge in [0.1, 0.15) is 22.9 Å². The van der Waals surface area contributed by atoms with Gasteiger partial charge in [-0.15, -0.1) is 0 Å². The number of anilines is 2. The van der Waals surface area contributed by atoms with Crippen molar-refractivity contribution >= 4 is 17.6 Å². The first-order valence-corrected chi connectivity index (χ1v) is 11.0. The molecule has 2 aromatic heterocycles. The van der Waals surface area contributed by atoms with E-state index in [2.05, 4.69) is 15.4 Å². The van der Waals surface area contributed by atoms with Crippen molar-refractivity contribution in [3.8, 4) is 5.69 Å². The van der Waals surface area contributed by atoms with Gasteiger partial charge < -0.3 is 10.1 Å². The van der Waals surface area contributed by atoms with Gasteiger partial charge in [-0.1, -0.05) is 12.1 Å².